The Balaban J connectivity index is 2.25. The Morgan fingerprint density at radius 1 is 1.10 bits per heavy atom. The van der Waals surface area contributed by atoms with Gasteiger partial charge in [0.15, 0.2) is 0 Å². The van der Waals surface area contributed by atoms with Crippen molar-refractivity contribution in [2.24, 2.45) is 0 Å². The van der Waals surface area contributed by atoms with Gasteiger partial charge in [0.2, 0.25) is 10.0 Å². The van der Waals surface area contributed by atoms with Crippen molar-refractivity contribution in [2.45, 2.75) is 17.9 Å². The molecular formula is C14H12Cl2FNO2S. The number of nitrogens with one attached hydrogen (secondary N) is 1. The highest BCUT2D eigenvalue weighted by atomic mass is 35.5. The molecule has 0 heterocycles. The highest BCUT2D eigenvalue weighted by molar-refractivity contribution is 7.89. The largest absolute Gasteiger partial charge is 0.241 e. The Hall–Kier alpha value is -1.14. The maximum absolute atomic E-state index is 13.1. The molecule has 1 atom stereocenters. The first-order valence-corrected chi connectivity index (χ1v) is 8.26. The van der Waals surface area contributed by atoms with Crippen LogP contribution in [-0.4, -0.2) is 8.42 Å². The summed E-state index contributed by atoms with van der Waals surface area (Å²) in [5.74, 6) is -0.611. The maximum Gasteiger partial charge on any atom is 0.241 e. The van der Waals surface area contributed by atoms with Gasteiger partial charge in [-0.25, -0.2) is 17.5 Å². The van der Waals surface area contributed by atoms with Crippen LogP contribution < -0.4 is 4.72 Å². The minimum absolute atomic E-state index is 0.130. The third kappa shape index (κ3) is 3.95. The van der Waals surface area contributed by atoms with Crippen LogP contribution in [0.15, 0.2) is 47.4 Å². The van der Waals surface area contributed by atoms with Crippen molar-refractivity contribution in [3.63, 3.8) is 0 Å². The van der Waals surface area contributed by atoms with Crippen LogP contribution in [0.5, 0.6) is 0 Å². The number of benzene rings is 2. The lowest BCUT2D eigenvalue weighted by Gasteiger charge is -2.15. The van der Waals surface area contributed by atoms with Gasteiger partial charge in [0, 0.05) is 6.04 Å². The fourth-order valence-electron chi connectivity index (χ4n) is 1.78. The summed E-state index contributed by atoms with van der Waals surface area (Å²) in [5, 5.41) is 0.728. The second kappa shape index (κ2) is 6.32. The number of hydrogen-bond donors (Lipinski definition) is 1. The molecule has 0 bridgehead atoms. The summed E-state index contributed by atoms with van der Waals surface area (Å²) in [6, 6.07) is 9.13. The van der Waals surface area contributed by atoms with Gasteiger partial charge >= 0.3 is 0 Å². The van der Waals surface area contributed by atoms with Crippen molar-refractivity contribution in [1.82, 2.24) is 4.72 Å². The molecule has 0 saturated carbocycles. The van der Waals surface area contributed by atoms with Crippen molar-refractivity contribution in [2.75, 3.05) is 0 Å². The van der Waals surface area contributed by atoms with E-state index in [-0.39, 0.29) is 4.90 Å². The van der Waals surface area contributed by atoms with Gasteiger partial charge in [-0.2, -0.15) is 0 Å². The second-order valence-corrected chi connectivity index (χ2v) is 7.00. The van der Waals surface area contributed by atoms with E-state index in [4.69, 9.17) is 23.2 Å². The van der Waals surface area contributed by atoms with Crippen LogP contribution in [0.4, 0.5) is 4.39 Å². The summed E-state index contributed by atoms with van der Waals surface area (Å²) in [4.78, 5) is -0.130. The van der Waals surface area contributed by atoms with Gasteiger partial charge in [0.25, 0.3) is 0 Å². The molecule has 0 aromatic heterocycles. The van der Waals surface area contributed by atoms with E-state index in [2.05, 4.69) is 4.72 Å². The third-order valence-corrected chi connectivity index (χ3v) is 5.16. The molecule has 0 fully saturated rings. The summed E-state index contributed by atoms with van der Waals surface area (Å²) < 4.78 is 40.0. The monoisotopic (exact) mass is 347 g/mol. The van der Waals surface area contributed by atoms with E-state index in [1.807, 2.05) is 0 Å². The Morgan fingerprint density at radius 3 is 2.43 bits per heavy atom. The van der Waals surface area contributed by atoms with Crippen molar-refractivity contribution in [1.29, 1.82) is 0 Å². The van der Waals surface area contributed by atoms with E-state index >= 15 is 0 Å². The molecule has 2 aromatic carbocycles. The molecule has 0 aliphatic heterocycles. The Bertz CT molecular complexity index is 765. The average Bonchev–Trinajstić information content (AvgIpc) is 2.41. The summed E-state index contributed by atoms with van der Waals surface area (Å²) in [6.07, 6.45) is 0. The van der Waals surface area contributed by atoms with Crippen molar-refractivity contribution >= 4 is 33.2 Å². The lowest BCUT2D eigenvalue weighted by molar-refractivity contribution is 0.564. The molecule has 1 N–H and O–H groups in total. The third-order valence-electron chi connectivity index (χ3n) is 2.88. The number of rotatable bonds is 4. The fraction of sp³-hybridized carbons (Fsp3) is 0.143. The molecule has 0 amide bonds. The highest BCUT2D eigenvalue weighted by Gasteiger charge is 2.19. The molecule has 0 aliphatic carbocycles. The molecule has 0 saturated heterocycles. The van der Waals surface area contributed by atoms with Crippen LogP contribution in [-0.2, 0) is 10.0 Å². The first-order valence-electron chi connectivity index (χ1n) is 6.02. The van der Waals surface area contributed by atoms with Gasteiger partial charge in [-0.3, -0.25) is 0 Å². The van der Waals surface area contributed by atoms with Gasteiger partial charge in [-0.15, -0.1) is 0 Å². The molecular weight excluding hydrogens is 336 g/mol. The zero-order valence-electron chi connectivity index (χ0n) is 11.0. The molecule has 0 spiro atoms. The van der Waals surface area contributed by atoms with E-state index < -0.39 is 21.9 Å². The number of hydrogen-bond acceptors (Lipinski definition) is 2. The van der Waals surface area contributed by atoms with Crippen LogP contribution in [0.25, 0.3) is 0 Å². The van der Waals surface area contributed by atoms with Crippen LogP contribution >= 0.6 is 23.2 Å². The van der Waals surface area contributed by atoms with Crippen LogP contribution in [0.2, 0.25) is 10.0 Å². The highest BCUT2D eigenvalue weighted by Crippen LogP contribution is 2.26. The van der Waals surface area contributed by atoms with Gasteiger partial charge in [0.1, 0.15) is 5.82 Å². The zero-order chi connectivity index (χ0) is 15.6. The Morgan fingerprint density at radius 2 is 1.81 bits per heavy atom. The summed E-state index contributed by atoms with van der Waals surface area (Å²) in [6.45, 7) is 1.66. The Kier molecular flexibility index (Phi) is 4.88. The summed E-state index contributed by atoms with van der Waals surface area (Å²) in [7, 11) is -3.82. The topological polar surface area (TPSA) is 46.2 Å². The molecule has 3 nitrogen and oxygen atoms in total. The van der Waals surface area contributed by atoms with Crippen LogP contribution in [0.3, 0.4) is 0 Å². The van der Waals surface area contributed by atoms with E-state index in [1.165, 1.54) is 18.2 Å². The maximum atomic E-state index is 13.1. The minimum atomic E-state index is -3.82. The first-order chi connectivity index (χ1) is 9.79. The predicted octanol–water partition coefficient (Wildman–Crippen LogP) is 4.17. The number of halogens is 3. The van der Waals surface area contributed by atoms with Gasteiger partial charge in [-0.1, -0.05) is 35.3 Å². The predicted molar refractivity (Wildman–Crippen MR) is 81.6 cm³/mol. The van der Waals surface area contributed by atoms with Gasteiger partial charge in [0.05, 0.1) is 14.9 Å². The molecule has 2 aromatic rings. The summed E-state index contributed by atoms with van der Waals surface area (Å²) in [5.41, 5.74) is 0.657. The minimum Gasteiger partial charge on any atom is -0.207 e. The molecule has 0 unspecified atom stereocenters. The first kappa shape index (κ1) is 16.2. The van der Waals surface area contributed by atoms with Gasteiger partial charge < -0.3 is 0 Å². The zero-order valence-corrected chi connectivity index (χ0v) is 13.3. The smallest absolute Gasteiger partial charge is 0.207 e. The lowest BCUT2D eigenvalue weighted by Crippen LogP contribution is -2.27. The fourth-order valence-corrected chi connectivity index (χ4v) is 3.35. The Labute approximate surface area is 132 Å². The number of sulfonamides is 1. The molecule has 0 aliphatic rings. The van der Waals surface area contributed by atoms with Crippen molar-refractivity contribution < 1.29 is 12.8 Å². The van der Waals surface area contributed by atoms with Gasteiger partial charge in [-0.05, 0) is 42.8 Å². The second-order valence-electron chi connectivity index (χ2n) is 4.47. The SMILES string of the molecule is C[C@H](NS(=O)(=O)c1cccc(F)c1)c1ccc(Cl)c(Cl)c1. The molecule has 112 valence electrons. The van der Waals surface area contributed by atoms with Crippen LogP contribution in [0.1, 0.15) is 18.5 Å². The standard InChI is InChI=1S/C14H12Cl2FNO2S/c1-9(10-5-6-13(15)14(16)7-10)18-21(19,20)12-4-2-3-11(17)8-12/h2-9,18H,1H3/t9-/m0/s1. The van der Waals surface area contributed by atoms with Crippen LogP contribution in [0, 0.1) is 5.82 Å². The van der Waals surface area contributed by atoms with E-state index in [1.54, 1.807) is 25.1 Å². The average molecular weight is 348 g/mol. The molecule has 21 heavy (non-hydrogen) atoms. The molecule has 2 rings (SSSR count). The quantitative estimate of drug-likeness (QED) is 0.901. The lowest BCUT2D eigenvalue weighted by atomic mass is 10.1. The molecule has 0 radical (unpaired) electrons. The van der Waals surface area contributed by atoms with E-state index in [0.29, 0.717) is 15.6 Å². The van der Waals surface area contributed by atoms with Crippen molar-refractivity contribution in [3.05, 3.63) is 63.9 Å². The van der Waals surface area contributed by atoms with Crippen molar-refractivity contribution in [3.8, 4) is 0 Å². The molecule has 7 heteroatoms. The van der Waals surface area contributed by atoms with E-state index in [9.17, 15) is 12.8 Å². The summed E-state index contributed by atoms with van der Waals surface area (Å²) >= 11 is 11.7. The van der Waals surface area contributed by atoms with E-state index in [0.717, 1.165) is 6.07 Å². The normalized spacial score (nSPS) is 13.1.